The van der Waals surface area contributed by atoms with Gasteiger partial charge in [-0.1, -0.05) is 12.1 Å². The first-order valence-corrected chi connectivity index (χ1v) is 15.6. The highest BCUT2D eigenvalue weighted by molar-refractivity contribution is 5.29. The van der Waals surface area contributed by atoms with Gasteiger partial charge < -0.3 is 19.5 Å². The lowest BCUT2D eigenvalue weighted by atomic mass is 9.53. The maximum absolute atomic E-state index is 9.63. The van der Waals surface area contributed by atoms with Crippen molar-refractivity contribution in [1.29, 1.82) is 0 Å². The largest absolute Gasteiger partial charge is 0.494 e. The zero-order valence-corrected chi connectivity index (χ0v) is 23.4. The molecule has 0 aromatic heterocycles. The lowest BCUT2D eigenvalue weighted by Crippen LogP contribution is -2.60. The Bertz CT molecular complexity index is 846. The summed E-state index contributed by atoms with van der Waals surface area (Å²) in [6, 6.07) is 8.79. The van der Waals surface area contributed by atoms with Gasteiger partial charge in [0.2, 0.25) is 5.79 Å². The standard InChI is InChI=1S/C32H49NO5/c1-35-32(27-19-23-18-24(21-27)22-28(32)20-23)38-37-31-10-6-26(7-11-31)25-4-8-30(9-5-25)36-17-3-2-14-33-15-12-29(34)13-16-33/h4-5,8-9,23-24,26-29,31,34H,2-3,6-7,10-22H2,1H3. The van der Waals surface area contributed by atoms with Gasteiger partial charge in [0.1, 0.15) is 5.75 Å². The molecule has 1 N–H and O–H groups in total. The number of hydrogen-bond acceptors (Lipinski definition) is 6. The van der Waals surface area contributed by atoms with Crippen LogP contribution in [0.25, 0.3) is 0 Å². The van der Waals surface area contributed by atoms with Gasteiger partial charge in [0.05, 0.1) is 18.8 Å². The zero-order chi connectivity index (χ0) is 26.0. The topological polar surface area (TPSA) is 60.4 Å². The van der Waals surface area contributed by atoms with Crippen LogP contribution >= 0.6 is 0 Å². The maximum Gasteiger partial charge on any atom is 0.207 e. The van der Waals surface area contributed by atoms with Gasteiger partial charge in [-0.25, -0.2) is 9.78 Å². The molecule has 0 atom stereocenters. The number of hydrogen-bond donors (Lipinski definition) is 1. The van der Waals surface area contributed by atoms with Gasteiger partial charge in [0.15, 0.2) is 0 Å². The third-order valence-electron chi connectivity index (χ3n) is 10.6. The van der Waals surface area contributed by atoms with Crippen molar-refractivity contribution in [3.63, 3.8) is 0 Å². The van der Waals surface area contributed by atoms with E-state index in [0.29, 0.717) is 17.8 Å². The molecule has 0 amide bonds. The van der Waals surface area contributed by atoms with E-state index in [-0.39, 0.29) is 12.2 Å². The summed E-state index contributed by atoms with van der Waals surface area (Å²) in [5.74, 6) is 3.84. The van der Waals surface area contributed by atoms with Crippen molar-refractivity contribution >= 4 is 0 Å². The summed E-state index contributed by atoms with van der Waals surface area (Å²) in [5.41, 5.74) is 1.42. The predicted octanol–water partition coefficient (Wildman–Crippen LogP) is 6.08. The fourth-order valence-electron chi connectivity index (χ4n) is 8.59. The number of aliphatic hydroxyl groups excluding tert-OH is 1. The molecular formula is C32H49NO5. The SMILES string of the molecule is COC1(OOC2CCC(c3ccc(OCCCCN4CCC(O)CC4)cc3)CC2)C2CC3CC(C2)CC1C3. The molecule has 1 aromatic rings. The number of nitrogens with zero attached hydrogens (tertiary/aromatic N) is 1. The van der Waals surface area contributed by atoms with Gasteiger partial charge in [-0.3, -0.25) is 0 Å². The van der Waals surface area contributed by atoms with E-state index in [1.54, 1.807) is 0 Å². The summed E-state index contributed by atoms with van der Waals surface area (Å²) in [4.78, 5) is 14.9. The molecule has 212 valence electrons. The van der Waals surface area contributed by atoms with Crippen LogP contribution in [0.15, 0.2) is 24.3 Å². The van der Waals surface area contributed by atoms with Crippen molar-refractivity contribution in [1.82, 2.24) is 4.90 Å². The molecule has 0 radical (unpaired) electrons. The van der Waals surface area contributed by atoms with Crippen molar-refractivity contribution in [3.8, 4) is 5.75 Å². The highest BCUT2D eigenvalue weighted by Crippen LogP contribution is 2.60. The fraction of sp³-hybridized carbons (Fsp3) is 0.812. The number of aliphatic hydroxyl groups is 1. The van der Waals surface area contributed by atoms with Gasteiger partial charge in [0.25, 0.3) is 0 Å². The molecule has 6 nitrogen and oxygen atoms in total. The Hall–Kier alpha value is -1.18. The third kappa shape index (κ3) is 5.95. The second kappa shape index (κ2) is 12.1. The Labute approximate surface area is 229 Å². The molecule has 7 rings (SSSR count). The van der Waals surface area contributed by atoms with Crippen LogP contribution in [0, 0.1) is 23.7 Å². The average molecular weight is 528 g/mol. The van der Waals surface area contributed by atoms with Gasteiger partial charge >= 0.3 is 0 Å². The summed E-state index contributed by atoms with van der Waals surface area (Å²) >= 11 is 0. The van der Waals surface area contributed by atoms with Crippen LogP contribution in [-0.2, 0) is 14.5 Å². The van der Waals surface area contributed by atoms with E-state index in [9.17, 15) is 5.11 Å². The number of benzene rings is 1. The quantitative estimate of drug-likeness (QED) is 0.163. The minimum atomic E-state index is -0.503. The van der Waals surface area contributed by atoms with Crippen LogP contribution < -0.4 is 4.74 Å². The first kappa shape index (κ1) is 27.0. The van der Waals surface area contributed by atoms with Crippen LogP contribution in [0.2, 0.25) is 0 Å². The van der Waals surface area contributed by atoms with E-state index in [4.69, 9.17) is 19.2 Å². The second-order valence-corrected chi connectivity index (χ2v) is 13.1. The van der Waals surface area contributed by atoms with E-state index in [1.807, 2.05) is 7.11 Å². The number of likely N-dealkylation sites (tertiary alicyclic amines) is 1. The molecular weight excluding hydrogens is 478 g/mol. The number of rotatable bonds is 11. The van der Waals surface area contributed by atoms with Gasteiger partial charge in [-0.05, 0) is 125 Å². The molecule has 0 spiro atoms. The average Bonchev–Trinajstić information content (AvgIpc) is 2.94. The Morgan fingerprint density at radius 3 is 2.13 bits per heavy atom. The summed E-state index contributed by atoms with van der Waals surface area (Å²) in [5, 5.41) is 9.63. The third-order valence-corrected chi connectivity index (χ3v) is 10.6. The molecule has 1 aromatic carbocycles. The van der Waals surface area contributed by atoms with Gasteiger partial charge in [-0.15, -0.1) is 0 Å². The van der Waals surface area contributed by atoms with Crippen LogP contribution in [0.1, 0.15) is 95.0 Å². The number of ether oxygens (including phenoxy) is 2. The molecule has 6 heteroatoms. The first-order chi connectivity index (χ1) is 18.6. The van der Waals surface area contributed by atoms with E-state index >= 15 is 0 Å². The molecule has 38 heavy (non-hydrogen) atoms. The lowest BCUT2D eigenvalue weighted by molar-refractivity contribution is -0.485. The zero-order valence-electron chi connectivity index (χ0n) is 23.4. The van der Waals surface area contributed by atoms with E-state index in [2.05, 4.69) is 29.2 Å². The van der Waals surface area contributed by atoms with E-state index in [0.717, 1.165) is 95.2 Å². The Balaban J connectivity index is 0.896. The van der Waals surface area contributed by atoms with Gasteiger partial charge in [0, 0.05) is 32.0 Å². The van der Waals surface area contributed by atoms with Crippen molar-refractivity contribution < 1.29 is 24.4 Å². The molecule has 4 bridgehead atoms. The molecule has 6 aliphatic rings. The van der Waals surface area contributed by atoms with Crippen molar-refractivity contribution in [3.05, 3.63) is 29.8 Å². The molecule has 6 fully saturated rings. The van der Waals surface area contributed by atoms with Crippen molar-refractivity contribution in [2.45, 2.75) is 107 Å². The molecule has 0 unspecified atom stereocenters. The Morgan fingerprint density at radius 1 is 0.842 bits per heavy atom. The van der Waals surface area contributed by atoms with Crippen molar-refractivity contribution in [2.24, 2.45) is 23.7 Å². The summed E-state index contributed by atoms with van der Waals surface area (Å²) in [6.07, 6.45) is 14.9. The number of unbranched alkanes of at least 4 members (excludes halogenated alkanes) is 1. The molecule has 5 saturated carbocycles. The van der Waals surface area contributed by atoms with E-state index < -0.39 is 5.79 Å². The Kier molecular flexibility index (Phi) is 8.63. The van der Waals surface area contributed by atoms with Crippen LogP contribution in [-0.4, -0.2) is 61.4 Å². The number of methoxy groups -OCH3 is 1. The van der Waals surface area contributed by atoms with Crippen molar-refractivity contribution in [2.75, 3.05) is 33.4 Å². The fourth-order valence-corrected chi connectivity index (χ4v) is 8.59. The van der Waals surface area contributed by atoms with Crippen LogP contribution in [0.5, 0.6) is 5.75 Å². The maximum atomic E-state index is 9.63. The molecule has 1 heterocycles. The Morgan fingerprint density at radius 2 is 1.50 bits per heavy atom. The first-order valence-electron chi connectivity index (χ1n) is 15.6. The minimum Gasteiger partial charge on any atom is -0.494 e. The molecule has 5 aliphatic carbocycles. The predicted molar refractivity (Wildman–Crippen MR) is 147 cm³/mol. The van der Waals surface area contributed by atoms with Crippen LogP contribution in [0.4, 0.5) is 0 Å². The highest BCUT2D eigenvalue weighted by Gasteiger charge is 2.60. The smallest absolute Gasteiger partial charge is 0.207 e. The summed E-state index contributed by atoms with van der Waals surface area (Å²) < 4.78 is 12.1. The van der Waals surface area contributed by atoms with Gasteiger partial charge in [-0.2, -0.15) is 0 Å². The lowest BCUT2D eigenvalue weighted by Gasteiger charge is -2.58. The second-order valence-electron chi connectivity index (χ2n) is 13.1. The number of piperidine rings is 1. The normalized spacial score (nSPS) is 37.5. The molecule has 1 saturated heterocycles. The minimum absolute atomic E-state index is 0.0882. The summed E-state index contributed by atoms with van der Waals surface area (Å²) in [7, 11) is 1.83. The highest BCUT2D eigenvalue weighted by atomic mass is 17.2. The monoisotopic (exact) mass is 527 g/mol. The summed E-state index contributed by atoms with van der Waals surface area (Å²) in [6.45, 7) is 3.94. The van der Waals surface area contributed by atoms with Crippen LogP contribution in [0.3, 0.4) is 0 Å². The van der Waals surface area contributed by atoms with E-state index in [1.165, 1.54) is 37.7 Å². The molecule has 1 aliphatic heterocycles.